The van der Waals surface area contributed by atoms with E-state index in [2.05, 4.69) is 10.6 Å². The van der Waals surface area contributed by atoms with Gasteiger partial charge in [0.15, 0.2) is 6.10 Å². The van der Waals surface area contributed by atoms with Crippen LogP contribution in [0.15, 0.2) is 0 Å². The lowest BCUT2D eigenvalue weighted by atomic mass is 9.97. The van der Waals surface area contributed by atoms with Crippen molar-refractivity contribution in [2.75, 3.05) is 26.7 Å². The van der Waals surface area contributed by atoms with Crippen molar-refractivity contribution < 1.29 is 24.6 Å². The van der Waals surface area contributed by atoms with Gasteiger partial charge >= 0.3 is 12.0 Å². The highest BCUT2D eigenvalue weighted by molar-refractivity contribution is 5.81. The Hall–Kier alpha value is -1.83. The molecule has 2 unspecified atom stereocenters. The third kappa shape index (κ3) is 4.40. The number of nitrogens with zero attached hydrogens (tertiary/aromatic N) is 1. The molecule has 2 atom stereocenters. The van der Waals surface area contributed by atoms with Gasteiger partial charge < -0.3 is 25.7 Å². The molecule has 4 N–H and O–H groups in total. The van der Waals surface area contributed by atoms with E-state index in [-0.39, 0.29) is 18.4 Å². The normalized spacial score (nSPS) is 20.5. The molecule has 19 heavy (non-hydrogen) atoms. The molecule has 1 fully saturated rings. The van der Waals surface area contributed by atoms with Crippen LogP contribution >= 0.6 is 0 Å². The summed E-state index contributed by atoms with van der Waals surface area (Å²) in [6.45, 7) is 0.465. The molecule has 8 nitrogen and oxygen atoms in total. The van der Waals surface area contributed by atoms with E-state index in [9.17, 15) is 14.4 Å². The van der Waals surface area contributed by atoms with Crippen LogP contribution in [0.1, 0.15) is 12.8 Å². The summed E-state index contributed by atoms with van der Waals surface area (Å²) in [7, 11) is 1.55. The van der Waals surface area contributed by atoms with E-state index in [1.165, 1.54) is 4.90 Å². The molecule has 8 heteroatoms. The lowest BCUT2D eigenvalue weighted by Gasteiger charge is -2.31. The maximum absolute atomic E-state index is 11.8. The topological polar surface area (TPSA) is 119 Å². The van der Waals surface area contributed by atoms with Crippen LogP contribution in [0.25, 0.3) is 0 Å². The average Bonchev–Trinajstić information content (AvgIpc) is 2.43. The second-order valence-corrected chi connectivity index (χ2v) is 4.44. The molecule has 1 saturated heterocycles. The highest BCUT2D eigenvalue weighted by Crippen LogP contribution is 2.16. The van der Waals surface area contributed by atoms with Crippen LogP contribution in [-0.4, -0.2) is 65.8 Å². The van der Waals surface area contributed by atoms with Crippen molar-refractivity contribution in [1.29, 1.82) is 0 Å². The zero-order valence-electron chi connectivity index (χ0n) is 10.8. The smallest absolute Gasteiger partial charge is 0.334 e. The predicted octanol–water partition coefficient (Wildman–Crippen LogP) is -1.40. The predicted molar refractivity (Wildman–Crippen MR) is 65.4 cm³/mol. The number of rotatable bonds is 4. The number of likely N-dealkylation sites (tertiary alicyclic amines) is 1. The summed E-state index contributed by atoms with van der Waals surface area (Å²) in [5, 5.41) is 22.4. The van der Waals surface area contributed by atoms with Crippen molar-refractivity contribution in [2.24, 2.45) is 5.92 Å². The van der Waals surface area contributed by atoms with E-state index in [1.807, 2.05) is 0 Å². The quantitative estimate of drug-likeness (QED) is 0.502. The highest BCUT2D eigenvalue weighted by Gasteiger charge is 2.28. The molecule has 0 aliphatic carbocycles. The lowest BCUT2D eigenvalue weighted by molar-refractivity contribution is -0.146. The minimum atomic E-state index is -1.62. The second kappa shape index (κ2) is 6.93. The number of piperidine rings is 1. The first-order chi connectivity index (χ1) is 8.95. The van der Waals surface area contributed by atoms with E-state index in [4.69, 9.17) is 10.2 Å². The van der Waals surface area contributed by atoms with Crippen LogP contribution in [0, 0.1) is 5.92 Å². The summed E-state index contributed by atoms with van der Waals surface area (Å²) in [6, 6.07) is -0.464. The first kappa shape index (κ1) is 15.2. The molecule has 1 aliphatic rings. The van der Waals surface area contributed by atoms with Crippen molar-refractivity contribution >= 4 is 17.9 Å². The number of hydrogen-bond donors (Lipinski definition) is 4. The Bertz CT molecular complexity index is 360. The first-order valence-corrected chi connectivity index (χ1v) is 6.11. The Kier molecular flexibility index (Phi) is 5.56. The maximum atomic E-state index is 11.8. The summed E-state index contributed by atoms with van der Waals surface area (Å²) >= 11 is 0. The van der Waals surface area contributed by atoms with E-state index in [0.717, 1.165) is 6.42 Å². The van der Waals surface area contributed by atoms with Gasteiger partial charge in [0.2, 0.25) is 5.91 Å². The summed E-state index contributed by atoms with van der Waals surface area (Å²) in [4.78, 5) is 35.1. The summed E-state index contributed by atoms with van der Waals surface area (Å²) in [6.07, 6.45) is -0.183. The van der Waals surface area contributed by atoms with Crippen molar-refractivity contribution in [3.8, 4) is 0 Å². The van der Waals surface area contributed by atoms with Crippen LogP contribution < -0.4 is 10.6 Å². The number of aliphatic hydroxyl groups excluding tert-OH is 1. The van der Waals surface area contributed by atoms with Gasteiger partial charge in [0.25, 0.3) is 0 Å². The van der Waals surface area contributed by atoms with Crippen molar-refractivity contribution in [2.45, 2.75) is 18.9 Å². The summed E-state index contributed by atoms with van der Waals surface area (Å²) in [5.41, 5.74) is 0. The zero-order valence-corrected chi connectivity index (χ0v) is 10.8. The van der Waals surface area contributed by atoms with Gasteiger partial charge in [0.05, 0.1) is 12.5 Å². The fourth-order valence-electron chi connectivity index (χ4n) is 1.96. The Morgan fingerprint density at radius 3 is 2.68 bits per heavy atom. The molecule has 3 amide bonds. The minimum absolute atomic E-state index is 0.108. The molecule has 0 saturated carbocycles. The molecule has 0 spiro atoms. The number of aliphatic carboxylic acids is 1. The molecule has 1 aliphatic heterocycles. The molecule has 1 heterocycles. The summed E-state index contributed by atoms with van der Waals surface area (Å²) < 4.78 is 0. The lowest BCUT2D eigenvalue weighted by Crippen LogP contribution is -2.50. The number of hydrogen-bond acceptors (Lipinski definition) is 4. The van der Waals surface area contributed by atoms with E-state index >= 15 is 0 Å². The molecular formula is C11H19N3O5. The molecule has 0 aromatic rings. The number of carboxylic acids is 1. The van der Waals surface area contributed by atoms with Gasteiger partial charge in [-0.2, -0.15) is 0 Å². The van der Waals surface area contributed by atoms with Crippen LogP contribution in [0.4, 0.5) is 4.79 Å². The second-order valence-electron chi connectivity index (χ2n) is 4.44. The molecule has 0 aromatic heterocycles. The van der Waals surface area contributed by atoms with Gasteiger partial charge in [-0.15, -0.1) is 0 Å². The van der Waals surface area contributed by atoms with Gasteiger partial charge in [0.1, 0.15) is 0 Å². The minimum Gasteiger partial charge on any atom is -0.479 e. The van der Waals surface area contributed by atoms with Crippen LogP contribution in [0.5, 0.6) is 0 Å². The molecular weight excluding hydrogens is 254 g/mol. The SMILES string of the molecule is CNC(=O)C1CCCN(C(=O)NCC(O)C(=O)O)C1. The fraction of sp³-hybridized carbons (Fsp3) is 0.727. The van der Waals surface area contributed by atoms with Crippen molar-refractivity contribution in [3.05, 3.63) is 0 Å². The number of nitrogens with one attached hydrogen (secondary N) is 2. The molecule has 1 rings (SSSR count). The Labute approximate surface area is 110 Å². The standard InChI is InChI=1S/C11H19N3O5/c1-12-9(16)7-3-2-4-14(6-7)11(19)13-5-8(15)10(17)18/h7-8,15H,2-6H2,1H3,(H,12,16)(H,13,19)(H,17,18). The van der Waals surface area contributed by atoms with Crippen molar-refractivity contribution in [3.63, 3.8) is 0 Å². The zero-order chi connectivity index (χ0) is 14.4. The van der Waals surface area contributed by atoms with Gasteiger partial charge in [-0.25, -0.2) is 9.59 Å². The Balaban J connectivity index is 2.44. The third-order valence-corrected chi connectivity index (χ3v) is 3.06. The monoisotopic (exact) mass is 273 g/mol. The fourth-order valence-corrected chi connectivity index (χ4v) is 1.96. The van der Waals surface area contributed by atoms with E-state index in [1.54, 1.807) is 7.05 Å². The van der Waals surface area contributed by atoms with Crippen LogP contribution in [-0.2, 0) is 9.59 Å². The molecule has 108 valence electrons. The van der Waals surface area contributed by atoms with E-state index < -0.39 is 18.1 Å². The van der Waals surface area contributed by atoms with Crippen LogP contribution in [0.3, 0.4) is 0 Å². The number of aliphatic hydroxyl groups is 1. The first-order valence-electron chi connectivity index (χ1n) is 6.11. The van der Waals surface area contributed by atoms with Gasteiger partial charge in [0, 0.05) is 20.1 Å². The van der Waals surface area contributed by atoms with Gasteiger partial charge in [-0.3, -0.25) is 4.79 Å². The van der Waals surface area contributed by atoms with E-state index in [0.29, 0.717) is 19.5 Å². The number of carbonyl (C=O) groups excluding carboxylic acids is 2. The van der Waals surface area contributed by atoms with Crippen LogP contribution in [0.2, 0.25) is 0 Å². The summed E-state index contributed by atoms with van der Waals surface area (Å²) in [5.74, 6) is -1.74. The number of carbonyl (C=O) groups is 3. The number of urea groups is 1. The molecule has 0 aromatic carbocycles. The van der Waals surface area contributed by atoms with Gasteiger partial charge in [-0.05, 0) is 12.8 Å². The number of carboxylic acid groups (broad SMARTS) is 1. The molecule has 0 bridgehead atoms. The third-order valence-electron chi connectivity index (χ3n) is 3.06. The Morgan fingerprint density at radius 2 is 2.11 bits per heavy atom. The van der Waals surface area contributed by atoms with Crippen molar-refractivity contribution in [1.82, 2.24) is 15.5 Å². The maximum Gasteiger partial charge on any atom is 0.334 e. The largest absolute Gasteiger partial charge is 0.479 e. The Morgan fingerprint density at radius 1 is 1.42 bits per heavy atom. The van der Waals surface area contributed by atoms with Gasteiger partial charge in [-0.1, -0.05) is 0 Å². The molecule has 0 radical (unpaired) electrons. The average molecular weight is 273 g/mol. The highest BCUT2D eigenvalue weighted by atomic mass is 16.4. The number of amides is 3.